The van der Waals surface area contributed by atoms with Gasteiger partial charge < -0.3 is 10.1 Å². The van der Waals surface area contributed by atoms with E-state index in [1.54, 1.807) is 18.3 Å². The lowest BCUT2D eigenvalue weighted by molar-refractivity contribution is 0.454. The highest BCUT2D eigenvalue weighted by Gasteiger charge is 2.06. The average Bonchev–Trinajstić information content (AvgIpc) is 2.35. The van der Waals surface area contributed by atoms with Gasteiger partial charge in [0.2, 0.25) is 11.8 Å². The predicted octanol–water partition coefficient (Wildman–Crippen LogP) is 3.60. The van der Waals surface area contributed by atoms with Gasteiger partial charge in [0.05, 0.1) is 4.47 Å². The minimum atomic E-state index is -0.367. The SMILES string of the molecule is CCNc1nccc(Oc2cc(F)ccc2Br)n1. The highest BCUT2D eigenvalue weighted by molar-refractivity contribution is 9.10. The van der Waals surface area contributed by atoms with Crippen LogP contribution in [0, 0.1) is 5.82 Å². The van der Waals surface area contributed by atoms with Gasteiger partial charge >= 0.3 is 0 Å². The minimum Gasteiger partial charge on any atom is -0.438 e. The molecule has 0 amide bonds. The van der Waals surface area contributed by atoms with Crippen LogP contribution in [0.1, 0.15) is 6.92 Å². The van der Waals surface area contributed by atoms with Crippen LogP contribution >= 0.6 is 15.9 Å². The Hall–Kier alpha value is -1.69. The van der Waals surface area contributed by atoms with Crippen LogP contribution in [0.3, 0.4) is 0 Å². The summed E-state index contributed by atoms with van der Waals surface area (Å²) in [5, 5.41) is 2.97. The summed E-state index contributed by atoms with van der Waals surface area (Å²) in [6.45, 7) is 2.66. The van der Waals surface area contributed by atoms with Gasteiger partial charge in [0.15, 0.2) is 0 Å². The molecule has 0 saturated heterocycles. The fourth-order valence-electron chi connectivity index (χ4n) is 1.31. The highest BCUT2D eigenvalue weighted by atomic mass is 79.9. The molecule has 0 fully saturated rings. The molecular formula is C12H11BrFN3O. The van der Waals surface area contributed by atoms with E-state index in [2.05, 4.69) is 31.2 Å². The maximum atomic E-state index is 13.1. The molecule has 0 saturated carbocycles. The number of nitrogens with zero attached hydrogens (tertiary/aromatic N) is 2. The number of aromatic nitrogens is 2. The number of anilines is 1. The van der Waals surface area contributed by atoms with E-state index in [0.717, 1.165) is 0 Å². The van der Waals surface area contributed by atoms with Crippen molar-refractivity contribution in [2.24, 2.45) is 0 Å². The van der Waals surface area contributed by atoms with Crippen LogP contribution < -0.4 is 10.1 Å². The lowest BCUT2D eigenvalue weighted by Gasteiger charge is -2.08. The normalized spacial score (nSPS) is 10.2. The summed E-state index contributed by atoms with van der Waals surface area (Å²) >= 11 is 3.29. The largest absolute Gasteiger partial charge is 0.438 e. The second kappa shape index (κ2) is 5.77. The molecule has 4 nitrogen and oxygen atoms in total. The Morgan fingerprint density at radius 3 is 3.00 bits per heavy atom. The van der Waals surface area contributed by atoms with E-state index < -0.39 is 0 Å². The Balaban J connectivity index is 2.22. The molecule has 0 atom stereocenters. The van der Waals surface area contributed by atoms with E-state index in [4.69, 9.17) is 4.74 Å². The van der Waals surface area contributed by atoms with E-state index in [-0.39, 0.29) is 5.82 Å². The molecule has 1 N–H and O–H groups in total. The Kier molecular flexibility index (Phi) is 4.09. The van der Waals surface area contributed by atoms with E-state index in [0.29, 0.717) is 28.6 Å². The highest BCUT2D eigenvalue weighted by Crippen LogP contribution is 2.29. The van der Waals surface area contributed by atoms with Crippen molar-refractivity contribution < 1.29 is 9.13 Å². The van der Waals surface area contributed by atoms with Gasteiger partial charge in [-0.25, -0.2) is 9.37 Å². The van der Waals surface area contributed by atoms with Crippen LogP contribution in [0.5, 0.6) is 11.6 Å². The molecule has 0 aliphatic carbocycles. The third-order valence-corrected chi connectivity index (χ3v) is 2.73. The molecular weight excluding hydrogens is 301 g/mol. The van der Waals surface area contributed by atoms with Crippen LogP contribution in [0.4, 0.5) is 10.3 Å². The molecule has 0 unspecified atom stereocenters. The molecule has 2 aromatic rings. The van der Waals surface area contributed by atoms with Crippen molar-refractivity contribution in [3.8, 4) is 11.6 Å². The van der Waals surface area contributed by atoms with E-state index in [9.17, 15) is 4.39 Å². The molecule has 1 heterocycles. The van der Waals surface area contributed by atoms with E-state index >= 15 is 0 Å². The summed E-state index contributed by atoms with van der Waals surface area (Å²) in [5.41, 5.74) is 0. The molecule has 6 heteroatoms. The lowest BCUT2D eigenvalue weighted by atomic mass is 10.3. The summed E-state index contributed by atoms with van der Waals surface area (Å²) < 4.78 is 19.3. The number of halogens is 2. The molecule has 18 heavy (non-hydrogen) atoms. The number of nitrogens with one attached hydrogen (secondary N) is 1. The first-order valence-corrected chi connectivity index (χ1v) is 6.18. The smallest absolute Gasteiger partial charge is 0.225 e. The maximum Gasteiger partial charge on any atom is 0.225 e. The lowest BCUT2D eigenvalue weighted by Crippen LogP contribution is -2.02. The topological polar surface area (TPSA) is 47.0 Å². The standard InChI is InChI=1S/C12H11BrFN3O/c1-2-15-12-16-6-5-11(17-12)18-10-7-8(14)3-4-9(10)13/h3-7H,2H2,1H3,(H,15,16,17). The predicted molar refractivity (Wildman–Crippen MR) is 70.4 cm³/mol. The molecule has 0 bridgehead atoms. The van der Waals surface area contributed by atoms with Crippen molar-refractivity contribution in [2.45, 2.75) is 6.92 Å². The quantitative estimate of drug-likeness (QED) is 0.937. The van der Waals surface area contributed by atoms with Crippen molar-refractivity contribution in [2.75, 3.05) is 11.9 Å². The van der Waals surface area contributed by atoms with Gasteiger partial charge in [-0.3, -0.25) is 0 Å². The van der Waals surface area contributed by atoms with Crippen LogP contribution in [-0.2, 0) is 0 Å². The molecule has 94 valence electrons. The summed E-state index contributed by atoms with van der Waals surface area (Å²) in [7, 11) is 0. The summed E-state index contributed by atoms with van der Waals surface area (Å²) in [6, 6.07) is 5.83. The fourth-order valence-corrected chi connectivity index (χ4v) is 1.64. The molecule has 0 aliphatic rings. The first-order chi connectivity index (χ1) is 8.69. The van der Waals surface area contributed by atoms with Crippen LogP contribution in [0.15, 0.2) is 34.9 Å². The Labute approximate surface area is 112 Å². The molecule has 0 radical (unpaired) electrons. The van der Waals surface area contributed by atoms with Gasteiger partial charge in [0.25, 0.3) is 0 Å². The van der Waals surface area contributed by atoms with Gasteiger partial charge in [0, 0.05) is 24.9 Å². The summed E-state index contributed by atoms with van der Waals surface area (Å²) in [5.74, 6) is 0.833. The van der Waals surface area contributed by atoms with Gasteiger partial charge in [-0.15, -0.1) is 0 Å². The van der Waals surface area contributed by atoms with Crippen LogP contribution in [0.25, 0.3) is 0 Å². The number of rotatable bonds is 4. The number of hydrogen-bond donors (Lipinski definition) is 1. The Morgan fingerprint density at radius 1 is 1.39 bits per heavy atom. The first-order valence-electron chi connectivity index (χ1n) is 5.39. The third-order valence-electron chi connectivity index (χ3n) is 2.07. The van der Waals surface area contributed by atoms with Crippen LogP contribution in [-0.4, -0.2) is 16.5 Å². The van der Waals surface area contributed by atoms with Crippen molar-refractivity contribution in [3.63, 3.8) is 0 Å². The molecule has 1 aromatic carbocycles. The van der Waals surface area contributed by atoms with E-state index in [1.807, 2.05) is 6.92 Å². The number of benzene rings is 1. The molecule has 0 aliphatic heterocycles. The van der Waals surface area contributed by atoms with Crippen molar-refractivity contribution in [1.82, 2.24) is 9.97 Å². The van der Waals surface area contributed by atoms with Gasteiger partial charge in [-0.2, -0.15) is 4.98 Å². The van der Waals surface area contributed by atoms with Gasteiger partial charge in [-0.05, 0) is 35.0 Å². The Morgan fingerprint density at radius 2 is 2.22 bits per heavy atom. The van der Waals surface area contributed by atoms with Crippen molar-refractivity contribution in [3.05, 3.63) is 40.8 Å². The second-order valence-electron chi connectivity index (χ2n) is 3.43. The first kappa shape index (κ1) is 12.8. The monoisotopic (exact) mass is 311 g/mol. The van der Waals surface area contributed by atoms with Gasteiger partial charge in [-0.1, -0.05) is 0 Å². The summed E-state index contributed by atoms with van der Waals surface area (Å²) in [4.78, 5) is 8.16. The van der Waals surface area contributed by atoms with Crippen LogP contribution in [0.2, 0.25) is 0 Å². The van der Waals surface area contributed by atoms with Gasteiger partial charge in [0.1, 0.15) is 11.6 Å². The summed E-state index contributed by atoms with van der Waals surface area (Å²) in [6.07, 6.45) is 1.58. The third kappa shape index (κ3) is 3.16. The maximum absolute atomic E-state index is 13.1. The second-order valence-corrected chi connectivity index (χ2v) is 4.28. The Bertz CT molecular complexity index is 551. The average molecular weight is 312 g/mol. The molecule has 1 aromatic heterocycles. The van der Waals surface area contributed by atoms with Crippen molar-refractivity contribution >= 4 is 21.9 Å². The minimum absolute atomic E-state index is 0.354. The zero-order valence-corrected chi connectivity index (χ0v) is 11.2. The van der Waals surface area contributed by atoms with Crippen molar-refractivity contribution in [1.29, 1.82) is 0 Å². The van der Waals surface area contributed by atoms with E-state index in [1.165, 1.54) is 12.1 Å². The fraction of sp³-hybridized carbons (Fsp3) is 0.167. The molecule has 0 spiro atoms. The number of hydrogen-bond acceptors (Lipinski definition) is 4. The zero-order valence-electron chi connectivity index (χ0n) is 9.65. The number of ether oxygens (including phenoxy) is 1. The molecule has 2 rings (SSSR count). The zero-order chi connectivity index (χ0) is 13.0.